The van der Waals surface area contributed by atoms with Gasteiger partial charge in [-0.2, -0.15) is 0 Å². The van der Waals surface area contributed by atoms with Crippen molar-refractivity contribution in [2.24, 2.45) is 0 Å². The third-order valence-corrected chi connectivity index (χ3v) is 0.359. The van der Waals surface area contributed by atoms with E-state index >= 15 is 0 Å². The molecular formula is C3H8O3. The predicted octanol–water partition coefficient (Wildman–Crippen LogP) is -1.67. The van der Waals surface area contributed by atoms with Crippen LogP contribution in [0.15, 0.2) is 0 Å². The summed E-state index contributed by atoms with van der Waals surface area (Å²) in [6, 6.07) is 0. The summed E-state index contributed by atoms with van der Waals surface area (Å²) >= 11 is 0. The molecule has 3 heteroatoms. The summed E-state index contributed by atoms with van der Waals surface area (Å²) in [7, 11) is 0. The maximum absolute atomic E-state index is 8.25. The Morgan fingerprint density at radius 2 is 2.17 bits per heavy atom. The lowest BCUT2D eigenvalue weighted by molar-refractivity contribution is 0.0450. The van der Waals surface area contributed by atoms with E-state index in [4.69, 9.17) is 16.7 Å². The Kier molecular flexibility index (Phi) is 2.08. The lowest BCUT2D eigenvalue weighted by Crippen LogP contribution is -2.15. The van der Waals surface area contributed by atoms with Gasteiger partial charge in [0.15, 0.2) is 0 Å². The first-order valence-corrected chi connectivity index (χ1v) is 1.57. The third-order valence-electron chi connectivity index (χ3n) is 0.359. The van der Waals surface area contributed by atoms with Crippen LogP contribution in [0.5, 0.6) is 0 Å². The van der Waals surface area contributed by atoms with Crippen LogP contribution in [0.1, 0.15) is 1.37 Å². The normalized spacial score (nSPS) is 22.2. The van der Waals surface area contributed by atoms with E-state index < -0.39 is 19.3 Å². The van der Waals surface area contributed by atoms with Crippen molar-refractivity contribution in [2.75, 3.05) is 13.2 Å². The van der Waals surface area contributed by atoms with E-state index in [-0.39, 0.29) is 0 Å². The predicted molar refractivity (Wildman–Crippen MR) is 20.2 cm³/mol. The molecule has 0 unspecified atom stereocenters. The summed E-state index contributed by atoms with van der Waals surface area (Å²) < 4.78 is 6.33. The highest BCUT2D eigenvalue weighted by atomic mass is 16.5. The van der Waals surface area contributed by atoms with Crippen LogP contribution >= 0.6 is 0 Å². The molecule has 0 amide bonds. The van der Waals surface area contributed by atoms with Crippen molar-refractivity contribution in [2.45, 2.75) is 6.10 Å². The van der Waals surface area contributed by atoms with Gasteiger partial charge in [-0.15, -0.1) is 0 Å². The molecule has 0 aromatic rings. The molecule has 0 radical (unpaired) electrons. The van der Waals surface area contributed by atoms with Crippen LogP contribution in [0.4, 0.5) is 0 Å². The lowest BCUT2D eigenvalue weighted by atomic mass is 11.0. The average Bonchev–Trinajstić information content (AvgIpc) is 1.65. The van der Waals surface area contributed by atoms with Gasteiger partial charge < -0.3 is 15.3 Å². The molecule has 0 saturated heterocycles. The fourth-order valence-corrected chi connectivity index (χ4v) is 0.0471. The van der Waals surface area contributed by atoms with Crippen molar-refractivity contribution >= 4 is 0 Å². The standard InChI is InChI=1S/C3H8O3/c4-1-3(6)2-5/h3-6H,1-2H2/i1+1D,3+1/t1-,3+/m0/s1. The second-order valence-corrected chi connectivity index (χ2v) is 0.899. The Hall–Kier alpha value is -0.120. The van der Waals surface area contributed by atoms with Gasteiger partial charge in [0.05, 0.1) is 14.6 Å². The Balaban J connectivity index is 3.14. The maximum Gasteiger partial charge on any atom is 0.100 e. The van der Waals surface area contributed by atoms with Gasteiger partial charge in [-0.25, -0.2) is 0 Å². The van der Waals surface area contributed by atoms with Gasteiger partial charge in [0, 0.05) is 0 Å². The van der Waals surface area contributed by atoms with E-state index in [1.165, 1.54) is 0 Å². The molecule has 0 spiro atoms. The smallest absolute Gasteiger partial charge is 0.100 e. The number of aliphatic hydroxyl groups excluding tert-OH is 3. The summed E-state index contributed by atoms with van der Waals surface area (Å²) in [6.45, 7) is -2.14. The molecule has 0 aromatic carbocycles. The fraction of sp³-hybridized carbons (Fsp3) is 1.00. The Labute approximate surface area is 37.3 Å². The minimum absolute atomic E-state index is 0.565. The van der Waals surface area contributed by atoms with E-state index in [2.05, 4.69) is 0 Å². The van der Waals surface area contributed by atoms with Crippen LogP contribution in [0.25, 0.3) is 0 Å². The largest absolute Gasteiger partial charge is 0.394 e. The zero-order valence-corrected chi connectivity index (χ0v) is 3.20. The first-order chi connectivity index (χ1) is 3.18. The quantitative estimate of drug-likeness (QED) is 0.359. The lowest BCUT2D eigenvalue weighted by Gasteiger charge is -1.96. The topological polar surface area (TPSA) is 60.7 Å². The fourth-order valence-electron chi connectivity index (χ4n) is 0.0471. The molecule has 0 aliphatic rings. The molecule has 0 saturated carbocycles. The monoisotopic (exact) mass is 95.1 g/mol. The summed E-state index contributed by atoms with van der Waals surface area (Å²) in [6.07, 6.45) is -1.32. The molecule has 38 valence electrons. The number of hydrogen-bond acceptors (Lipinski definition) is 3. The molecule has 3 nitrogen and oxygen atoms in total. The second kappa shape index (κ2) is 3.08. The molecule has 0 aromatic heterocycles. The Morgan fingerprint density at radius 3 is 2.17 bits per heavy atom. The van der Waals surface area contributed by atoms with Gasteiger partial charge in [-0.3, -0.25) is 0 Å². The molecule has 2 atom stereocenters. The number of aliphatic hydroxyl groups is 3. The maximum atomic E-state index is 8.25. The zero-order valence-electron chi connectivity index (χ0n) is 4.20. The molecule has 0 aliphatic heterocycles. The Morgan fingerprint density at radius 1 is 1.67 bits per heavy atom. The minimum atomic E-state index is -1.58. The molecule has 0 bridgehead atoms. The van der Waals surface area contributed by atoms with Gasteiger partial charge in [-0.05, 0) is 0 Å². The highest BCUT2D eigenvalue weighted by molar-refractivity contribution is 4.43. The highest BCUT2D eigenvalue weighted by Crippen LogP contribution is 1.71. The van der Waals surface area contributed by atoms with E-state index in [9.17, 15) is 0 Å². The highest BCUT2D eigenvalue weighted by Gasteiger charge is 1.93. The van der Waals surface area contributed by atoms with E-state index in [0.29, 0.717) is 0 Å². The molecule has 6 heavy (non-hydrogen) atoms. The number of hydrogen-bond donors (Lipinski definition) is 3. The minimum Gasteiger partial charge on any atom is -0.394 e. The van der Waals surface area contributed by atoms with E-state index in [0.717, 1.165) is 0 Å². The third kappa shape index (κ3) is 2.14. The summed E-state index contributed by atoms with van der Waals surface area (Å²) in [4.78, 5) is 0. The first kappa shape index (κ1) is 4.05. The summed E-state index contributed by atoms with van der Waals surface area (Å²) in [5.41, 5.74) is 0. The van der Waals surface area contributed by atoms with Crippen LogP contribution in [0.3, 0.4) is 0 Å². The van der Waals surface area contributed by atoms with E-state index in [1.807, 2.05) is 0 Å². The summed E-state index contributed by atoms with van der Waals surface area (Å²) in [5.74, 6) is 0. The van der Waals surface area contributed by atoms with Crippen LogP contribution in [0.2, 0.25) is 0 Å². The van der Waals surface area contributed by atoms with Crippen molar-refractivity contribution in [1.29, 1.82) is 0 Å². The molecule has 0 heterocycles. The zero-order chi connectivity index (χ0) is 5.86. The average molecular weight is 95.1 g/mol. The van der Waals surface area contributed by atoms with Crippen molar-refractivity contribution in [1.82, 2.24) is 0 Å². The Bertz CT molecular complexity index is 47.4. The van der Waals surface area contributed by atoms with Crippen molar-refractivity contribution in [3.63, 3.8) is 0 Å². The molecule has 0 fully saturated rings. The second-order valence-electron chi connectivity index (χ2n) is 0.899. The van der Waals surface area contributed by atoms with Gasteiger partial charge >= 0.3 is 0 Å². The number of rotatable bonds is 2. The first-order valence-electron chi connectivity index (χ1n) is 2.15. The van der Waals surface area contributed by atoms with Crippen molar-refractivity contribution < 1.29 is 16.7 Å². The van der Waals surface area contributed by atoms with Gasteiger partial charge in [0.25, 0.3) is 0 Å². The van der Waals surface area contributed by atoms with Crippen molar-refractivity contribution in [3.8, 4) is 0 Å². The molecule has 0 rings (SSSR count). The van der Waals surface area contributed by atoms with Crippen molar-refractivity contribution in [3.05, 3.63) is 0 Å². The summed E-state index contributed by atoms with van der Waals surface area (Å²) in [5, 5.41) is 24.3. The molecule has 0 aliphatic carbocycles. The molecular weight excluding hydrogens is 86.0 g/mol. The molecule has 3 N–H and O–H groups in total. The van der Waals surface area contributed by atoms with Crippen LogP contribution in [-0.2, 0) is 0 Å². The van der Waals surface area contributed by atoms with Crippen LogP contribution < -0.4 is 0 Å². The van der Waals surface area contributed by atoms with Gasteiger partial charge in [0.1, 0.15) is 6.10 Å². The van der Waals surface area contributed by atoms with E-state index in [1.54, 1.807) is 0 Å². The van der Waals surface area contributed by atoms with Crippen LogP contribution in [0, 0.1) is 0 Å². The SMILES string of the molecule is [2H][13C@H](O)[13C@@H](O)CO. The van der Waals surface area contributed by atoms with Gasteiger partial charge in [0.2, 0.25) is 0 Å². The van der Waals surface area contributed by atoms with Crippen LogP contribution in [-0.4, -0.2) is 34.6 Å². The van der Waals surface area contributed by atoms with Gasteiger partial charge in [-0.1, -0.05) is 0 Å².